The molecule has 0 bridgehead atoms. The summed E-state index contributed by atoms with van der Waals surface area (Å²) in [6.07, 6.45) is 10.1. The first kappa shape index (κ1) is 40.5. The molecule has 0 atom stereocenters. The SMILES string of the molecule is COC1CCN(c2nccc(Nc3cc4c(cn3)c(N3CCC(N(C)CC5CCN(c6ccc7c(c6)C(=O)N(N6CCC(=O)NC6=O)C7=O)CC5)CC3)nn4C(C)C)n2)CC1. The van der Waals surface area contributed by atoms with Gasteiger partial charge in [-0.05, 0) is 89.6 Å². The lowest BCUT2D eigenvalue weighted by Crippen LogP contribution is -2.58. The van der Waals surface area contributed by atoms with E-state index in [1.165, 1.54) is 0 Å². The first-order valence-corrected chi connectivity index (χ1v) is 21.6. The number of hydrazine groups is 1. The number of urea groups is 1. The molecule has 322 valence electrons. The van der Waals surface area contributed by atoms with Crippen LogP contribution in [-0.2, 0) is 9.53 Å². The number of fused-ring (bicyclic) bond motifs is 2. The van der Waals surface area contributed by atoms with Crippen LogP contribution in [0.5, 0.6) is 0 Å². The number of hydrogen-bond donors (Lipinski definition) is 2. The van der Waals surface area contributed by atoms with Gasteiger partial charge in [-0.1, -0.05) is 0 Å². The van der Waals surface area contributed by atoms with E-state index in [1.54, 1.807) is 25.4 Å². The van der Waals surface area contributed by atoms with Crippen LogP contribution in [0.15, 0.2) is 42.7 Å². The lowest BCUT2D eigenvalue weighted by Gasteiger charge is -2.40. The Morgan fingerprint density at radius 1 is 0.836 bits per heavy atom. The van der Waals surface area contributed by atoms with Gasteiger partial charge in [-0.15, -0.1) is 0 Å². The monoisotopic (exact) mass is 833 g/mol. The number of methoxy groups -OCH3 is 1. The van der Waals surface area contributed by atoms with Crippen molar-refractivity contribution >= 4 is 63.7 Å². The van der Waals surface area contributed by atoms with Crippen LogP contribution in [0.25, 0.3) is 10.9 Å². The predicted molar refractivity (Wildman–Crippen MR) is 230 cm³/mol. The largest absolute Gasteiger partial charge is 0.381 e. The van der Waals surface area contributed by atoms with E-state index < -0.39 is 23.8 Å². The number of piperidine rings is 3. The van der Waals surface area contributed by atoms with Crippen molar-refractivity contribution in [3.8, 4) is 0 Å². The van der Waals surface area contributed by atoms with Gasteiger partial charge in [0.25, 0.3) is 11.8 Å². The summed E-state index contributed by atoms with van der Waals surface area (Å²) in [5.74, 6) is 2.14. The Morgan fingerprint density at radius 3 is 2.28 bits per heavy atom. The van der Waals surface area contributed by atoms with Gasteiger partial charge in [0, 0.05) is 95.6 Å². The average Bonchev–Trinajstić information content (AvgIpc) is 3.77. The van der Waals surface area contributed by atoms with Crippen molar-refractivity contribution in [2.45, 2.75) is 77.0 Å². The molecule has 4 saturated heterocycles. The fourth-order valence-corrected chi connectivity index (χ4v) is 9.53. The molecule has 18 heteroatoms. The summed E-state index contributed by atoms with van der Waals surface area (Å²) in [5, 5.41) is 13.7. The number of nitrogens with one attached hydrogen (secondary N) is 2. The van der Waals surface area contributed by atoms with E-state index in [0.29, 0.717) is 35.6 Å². The molecule has 0 saturated carbocycles. The van der Waals surface area contributed by atoms with E-state index in [1.807, 2.05) is 18.3 Å². The summed E-state index contributed by atoms with van der Waals surface area (Å²) < 4.78 is 7.63. The Balaban J connectivity index is 0.782. The number of carbonyl (C=O) groups excluding carboxylic acids is 4. The number of anilines is 5. The number of ether oxygens (including phenoxy) is 1. The summed E-state index contributed by atoms with van der Waals surface area (Å²) in [7, 11) is 4.03. The van der Waals surface area contributed by atoms with Crippen LogP contribution in [0.4, 0.5) is 33.9 Å². The topological polar surface area (TPSA) is 178 Å². The van der Waals surface area contributed by atoms with Crippen molar-refractivity contribution in [3.63, 3.8) is 0 Å². The fraction of sp³-hybridized carbons (Fsp3) is 0.535. The van der Waals surface area contributed by atoms with Gasteiger partial charge in [0.2, 0.25) is 11.9 Å². The number of rotatable bonds is 11. The molecular formula is C43H55N13O5. The molecular weight excluding hydrogens is 779 g/mol. The minimum absolute atomic E-state index is 0.0221. The minimum atomic E-state index is -0.764. The second-order valence-corrected chi connectivity index (χ2v) is 17.2. The van der Waals surface area contributed by atoms with Gasteiger partial charge in [0.05, 0.1) is 34.7 Å². The molecule has 5 aliphatic heterocycles. The molecule has 18 nitrogen and oxygen atoms in total. The summed E-state index contributed by atoms with van der Waals surface area (Å²) in [6.45, 7) is 10.6. The summed E-state index contributed by atoms with van der Waals surface area (Å²) in [6, 6.07) is 9.17. The molecule has 4 fully saturated rings. The second-order valence-electron chi connectivity index (χ2n) is 17.2. The highest BCUT2D eigenvalue weighted by Crippen LogP contribution is 2.34. The van der Waals surface area contributed by atoms with Crippen LogP contribution >= 0.6 is 0 Å². The van der Waals surface area contributed by atoms with Gasteiger partial charge in [-0.25, -0.2) is 19.8 Å². The minimum Gasteiger partial charge on any atom is -0.381 e. The lowest BCUT2D eigenvalue weighted by molar-refractivity contribution is -0.122. The number of nitrogens with zero attached hydrogens (tertiary/aromatic N) is 11. The molecule has 0 aliphatic carbocycles. The zero-order chi connectivity index (χ0) is 42.4. The van der Waals surface area contributed by atoms with Crippen LogP contribution in [0.2, 0.25) is 0 Å². The van der Waals surface area contributed by atoms with E-state index in [4.69, 9.17) is 19.8 Å². The standard InChI is InChI=1S/C43H55N13O5/c1-27(2)55-35-24-37(46-36-7-15-44-42(47-36)53-20-12-31(61-4)13-21-53)45-25-34(35)39(49-55)52-18-10-29(11-19-52)50(3)26-28-8-16-51(17-9-28)30-5-6-32-33(23-30)41(59)56(40(32)58)54-22-14-38(57)48-43(54)60/h5-7,15,23-25,27-29,31H,8-14,16-22,26H2,1-4H3,(H,48,57,60)(H,44,45,46,47). The van der Waals surface area contributed by atoms with E-state index in [2.05, 4.69) is 66.9 Å². The maximum absolute atomic E-state index is 13.4. The first-order chi connectivity index (χ1) is 29.5. The van der Waals surface area contributed by atoms with E-state index in [9.17, 15) is 19.2 Å². The third-order valence-corrected chi connectivity index (χ3v) is 13.1. The number of carbonyl (C=O) groups is 4. The molecule has 0 spiro atoms. The number of amides is 5. The first-order valence-electron chi connectivity index (χ1n) is 21.6. The molecule has 0 radical (unpaired) electrons. The fourth-order valence-electron chi connectivity index (χ4n) is 9.53. The smallest absolute Gasteiger partial charge is 0.343 e. The van der Waals surface area contributed by atoms with Gasteiger partial charge in [-0.3, -0.25) is 24.4 Å². The van der Waals surface area contributed by atoms with Crippen LogP contribution in [0, 0.1) is 5.92 Å². The van der Waals surface area contributed by atoms with Gasteiger partial charge >= 0.3 is 6.03 Å². The molecule has 5 amide bonds. The maximum Gasteiger partial charge on any atom is 0.343 e. The van der Waals surface area contributed by atoms with Crippen molar-refractivity contribution in [2.24, 2.45) is 5.92 Å². The average molecular weight is 834 g/mol. The third kappa shape index (κ3) is 8.05. The lowest BCUT2D eigenvalue weighted by atomic mass is 9.94. The highest BCUT2D eigenvalue weighted by molar-refractivity contribution is 6.22. The Hall–Kier alpha value is -5.88. The van der Waals surface area contributed by atoms with Crippen LogP contribution in [0.1, 0.15) is 85.6 Å². The Bertz CT molecular complexity index is 2310. The zero-order valence-corrected chi connectivity index (χ0v) is 35.4. The number of pyridine rings is 1. The van der Waals surface area contributed by atoms with Crippen molar-refractivity contribution in [1.82, 2.24) is 45.0 Å². The molecule has 5 aliphatic rings. The molecule has 1 aromatic carbocycles. The second kappa shape index (κ2) is 16.9. The third-order valence-electron chi connectivity index (χ3n) is 13.1. The van der Waals surface area contributed by atoms with Gasteiger partial charge in [0.15, 0.2) is 5.82 Å². The van der Waals surface area contributed by atoms with E-state index in [-0.39, 0.29) is 30.1 Å². The van der Waals surface area contributed by atoms with Crippen molar-refractivity contribution in [1.29, 1.82) is 0 Å². The van der Waals surface area contributed by atoms with Crippen molar-refractivity contribution in [3.05, 3.63) is 53.9 Å². The molecule has 4 aromatic rings. The predicted octanol–water partition coefficient (Wildman–Crippen LogP) is 4.43. The molecule has 9 rings (SSSR count). The summed E-state index contributed by atoms with van der Waals surface area (Å²) in [4.78, 5) is 74.2. The maximum atomic E-state index is 13.4. The highest BCUT2D eigenvalue weighted by Gasteiger charge is 2.43. The van der Waals surface area contributed by atoms with Gasteiger partial charge < -0.3 is 29.7 Å². The Kier molecular flexibility index (Phi) is 11.2. The molecule has 8 heterocycles. The van der Waals surface area contributed by atoms with Crippen LogP contribution in [-0.4, -0.2) is 142 Å². The quantitative estimate of drug-likeness (QED) is 0.203. The van der Waals surface area contributed by atoms with Crippen molar-refractivity contribution < 1.29 is 23.9 Å². The zero-order valence-electron chi connectivity index (χ0n) is 35.4. The van der Waals surface area contributed by atoms with Crippen molar-refractivity contribution in [2.75, 3.05) is 86.5 Å². The Labute approximate surface area is 355 Å². The molecule has 0 unspecified atom stereocenters. The highest BCUT2D eigenvalue weighted by atomic mass is 16.5. The molecule has 3 aromatic heterocycles. The van der Waals surface area contributed by atoms with Crippen LogP contribution in [0.3, 0.4) is 0 Å². The van der Waals surface area contributed by atoms with E-state index in [0.717, 1.165) is 117 Å². The van der Waals surface area contributed by atoms with Crippen LogP contribution < -0.4 is 25.3 Å². The number of hydrogen-bond acceptors (Lipinski definition) is 14. The normalized spacial score (nSPS) is 19.9. The molecule has 2 N–H and O–H groups in total. The Morgan fingerprint density at radius 2 is 1.56 bits per heavy atom. The van der Waals surface area contributed by atoms with Gasteiger partial charge in [0.1, 0.15) is 11.6 Å². The number of aromatic nitrogens is 5. The van der Waals surface area contributed by atoms with E-state index >= 15 is 0 Å². The number of benzene rings is 1. The van der Waals surface area contributed by atoms with Gasteiger partial charge in [-0.2, -0.15) is 15.1 Å². The summed E-state index contributed by atoms with van der Waals surface area (Å²) in [5.41, 5.74) is 2.48. The number of imide groups is 2. The summed E-state index contributed by atoms with van der Waals surface area (Å²) >= 11 is 0. The molecule has 61 heavy (non-hydrogen) atoms.